The number of hydrogen-bond acceptors (Lipinski definition) is 3. The molecule has 1 N–H and O–H groups in total. The molecule has 0 aliphatic rings. The Bertz CT molecular complexity index is 1040. The number of carbonyl (C=O) groups excluding carboxylic acids is 1. The number of carbonyl (C=O) groups is 1. The van der Waals surface area contributed by atoms with Crippen molar-refractivity contribution in [3.8, 4) is 5.69 Å². The summed E-state index contributed by atoms with van der Waals surface area (Å²) >= 11 is 6.02. The summed E-state index contributed by atoms with van der Waals surface area (Å²) in [7, 11) is 0. The van der Waals surface area contributed by atoms with Gasteiger partial charge in [0.1, 0.15) is 17.2 Å². The predicted molar refractivity (Wildman–Crippen MR) is 102 cm³/mol. The van der Waals surface area contributed by atoms with Gasteiger partial charge in [0.15, 0.2) is 0 Å². The molecule has 7 heteroatoms. The highest BCUT2D eigenvalue weighted by molar-refractivity contribution is 6.30. The first-order chi connectivity index (χ1) is 13.0. The summed E-state index contributed by atoms with van der Waals surface area (Å²) in [5.41, 5.74) is 0.330. The second-order valence-corrected chi connectivity index (χ2v) is 6.35. The maximum Gasteiger partial charge on any atom is 0.272 e. The van der Waals surface area contributed by atoms with E-state index in [1.807, 2.05) is 19.1 Å². The van der Waals surface area contributed by atoms with Crippen molar-refractivity contribution in [2.24, 2.45) is 0 Å². The molecule has 0 aliphatic carbocycles. The fourth-order valence-corrected chi connectivity index (χ4v) is 2.90. The summed E-state index contributed by atoms with van der Waals surface area (Å²) in [4.78, 5) is 24.7. The van der Waals surface area contributed by atoms with E-state index in [0.29, 0.717) is 11.4 Å². The van der Waals surface area contributed by atoms with Crippen LogP contribution >= 0.6 is 11.6 Å². The first kappa shape index (κ1) is 18.8. The molecule has 1 heterocycles. The number of hydrogen-bond donors (Lipinski definition) is 1. The zero-order valence-corrected chi connectivity index (χ0v) is 15.3. The summed E-state index contributed by atoms with van der Waals surface area (Å²) < 4.78 is 14.9. The third-order valence-corrected chi connectivity index (χ3v) is 4.31. The molecule has 0 spiro atoms. The Labute approximate surface area is 160 Å². The molecule has 138 valence electrons. The van der Waals surface area contributed by atoms with Crippen molar-refractivity contribution in [1.82, 2.24) is 15.1 Å². The average Bonchev–Trinajstić information content (AvgIpc) is 2.67. The topological polar surface area (TPSA) is 64.0 Å². The van der Waals surface area contributed by atoms with Gasteiger partial charge >= 0.3 is 0 Å². The van der Waals surface area contributed by atoms with Crippen LogP contribution in [0.1, 0.15) is 35.4 Å². The first-order valence-corrected chi connectivity index (χ1v) is 8.79. The van der Waals surface area contributed by atoms with E-state index in [9.17, 15) is 14.0 Å². The molecule has 5 nitrogen and oxygen atoms in total. The van der Waals surface area contributed by atoms with Gasteiger partial charge in [0.25, 0.3) is 11.5 Å². The molecule has 27 heavy (non-hydrogen) atoms. The van der Waals surface area contributed by atoms with Gasteiger partial charge < -0.3 is 5.32 Å². The maximum absolute atomic E-state index is 14.0. The van der Waals surface area contributed by atoms with Crippen LogP contribution in [0.2, 0.25) is 5.02 Å². The van der Waals surface area contributed by atoms with Crippen molar-refractivity contribution in [2.75, 3.05) is 0 Å². The van der Waals surface area contributed by atoms with Crippen LogP contribution in [0.15, 0.2) is 65.5 Å². The quantitative estimate of drug-likeness (QED) is 0.724. The number of halogens is 2. The smallest absolute Gasteiger partial charge is 0.272 e. The van der Waals surface area contributed by atoms with Gasteiger partial charge in [0, 0.05) is 11.1 Å². The number of nitrogens with one attached hydrogen (secondary N) is 1. The Kier molecular flexibility index (Phi) is 5.66. The fraction of sp³-hybridized carbons (Fsp3) is 0.150. The number of nitrogens with zero attached hydrogens (tertiary/aromatic N) is 2. The Morgan fingerprint density at radius 1 is 1.19 bits per heavy atom. The minimum absolute atomic E-state index is 0.0123. The van der Waals surface area contributed by atoms with E-state index in [0.717, 1.165) is 10.2 Å². The second kappa shape index (κ2) is 8.14. The summed E-state index contributed by atoms with van der Waals surface area (Å²) in [6.07, 6.45) is 0.638. The standard InChI is InChI=1S/C20H17ClFN3O2/c1-2-16(13-6-5-7-14(21)12-13)23-20(27)17-10-11-19(26)25(24-17)18-9-4-3-8-15(18)22/h3-12,16H,2H2,1H3,(H,23,27)/t16-/m1/s1. The molecular weight excluding hydrogens is 369 g/mol. The van der Waals surface area contributed by atoms with Crippen molar-refractivity contribution < 1.29 is 9.18 Å². The molecule has 0 aliphatic heterocycles. The molecule has 0 fully saturated rings. The highest BCUT2D eigenvalue weighted by atomic mass is 35.5. The number of aromatic nitrogens is 2. The molecule has 0 saturated carbocycles. The summed E-state index contributed by atoms with van der Waals surface area (Å²) in [5.74, 6) is -1.07. The van der Waals surface area contributed by atoms with E-state index < -0.39 is 17.3 Å². The number of amides is 1. The minimum atomic E-state index is -0.602. The van der Waals surface area contributed by atoms with Gasteiger partial charge in [-0.15, -0.1) is 0 Å². The number of rotatable bonds is 5. The van der Waals surface area contributed by atoms with Gasteiger partial charge in [0.2, 0.25) is 0 Å². The molecule has 3 aromatic rings. The summed E-state index contributed by atoms with van der Waals surface area (Å²) in [6.45, 7) is 1.93. The molecule has 1 atom stereocenters. The van der Waals surface area contributed by atoms with Crippen molar-refractivity contribution in [3.63, 3.8) is 0 Å². The molecule has 0 unspecified atom stereocenters. The van der Waals surface area contributed by atoms with Gasteiger partial charge in [0.05, 0.1) is 6.04 Å². The van der Waals surface area contributed by atoms with Gasteiger partial charge in [-0.05, 0) is 42.3 Å². The maximum atomic E-state index is 14.0. The molecule has 1 amide bonds. The summed E-state index contributed by atoms with van der Waals surface area (Å²) in [5, 5.41) is 7.47. The zero-order chi connectivity index (χ0) is 19.4. The first-order valence-electron chi connectivity index (χ1n) is 8.41. The van der Waals surface area contributed by atoms with E-state index >= 15 is 0 Å². The molecule has 0 saturated heterocycles. The third-order valence-electron chi connectivity index (χ3n) is 4.08. The number of para-hydroxylation sites is 1. The average molecular weight is 386 g/mol. The second-order valence-electron chi connectivity index (χ2n) is 5.91. The Morgan fingerprint density at radius 2 is 1.96 bits per heavy atom. The highest BCUT2D eigenvalue weighted by Crippen LogP contribution is 2.20. The molecule has 1 aromatic heterocycles. The molecule has 2 aromatic carbocycles. The zero-order valence-electron chi connectivity index (χ0n) is 14.5. The largest absolute Gasteiger partial charge is 0.344 e. The van der Waals surface area contributed by atoms with Crippen LogP contribution in [0.3, 0.4) is 0 Å². The van der Waals surface area contributed by atoms with Crippen LogP contribution in [-0.2, 0) is 0 Å². The van der Waals surface area contributed by atoms with Crippen LogP contribution < -0.4 is 10.9 Å². The van der Waals surface area contributed by atoms with E-state index in [4.69, 9.17) is 11.6 Å². The van der Waals surface area contributed by atoms with Gasteiger partial charge in [-0.3, -0.25) is 9.59 Å². The van der Waals surface area contributed by atoms with E-state index in [1.165, 1.54) is 30.3 Å². The van der Waals surface area contributed by atoms with Crippen molar-refractivity contribution in [3.05, 3.63) is 93.1 Å². The van der Waals surface area contributed by atoms with E-state index in [1.54, 1.807) is 18.2 Å². The third kappa shape index (κ3) is 4.23. The molecule has 0 radical (unpaired) electrons. The summed E-state index contributed by atoms with van der Waals surface area (Å²) in [6, 6.07) is 15.2. The molecule has 0 bridgehead atoms. The lowest BCUT2D eigenvalue weighted by molar-refractivity contribution is 0.0928. The molecule has 3 rings (SSSR count). The Hall–Kier alpha value is -2.99. The van der Waals surface area contributed by atoms with Crippen molar-refractivity contribution in [2.45, 2.75) is 19.4 Å². The predicted octanol–water partition coefficient (Wildman–Crippen LogP) is 3.91. The van der Waals surface area contributed by atoms with Crippen LogP contribution in [0.4, 0.5) is 4.39 Å². The van der Waals surface area contributed by atoms with Crippen LogP contribution in [-0.4, -0.2) is 15.7 Å². The molecular formula is C20H17ClFN3O2. The van der Waals surface area contributed by atoms with Crippen LogP contribution in [0.25, 0.3) is 5.69 Å². The fourth-order valence-electron chi connectivity index (χ4n) is 2.70. The van der Waals surface area contributed by atoms with Crippen LogP contribution in [0.5, 0.6) is 0 Å². The van der Waals surface area contributed by atoms with E-state index in [-0.39, 0.29) is 17.4 Å². The van der Waals surface area contributed by atoms with Crippen molar-refractivity contribution >= 4 is 17.5 Å². The number of benzene rings is 2. The van der Waals surface area contributed by atoms with Gasteiger partial charge in [-0.25, -0.2) is 4.39 Å². The Morgan fingerprint density at radius 3 is 2.67 bits per heavy atom. The van der Waals surface area contributed by atoms with Crippen LogP contribution in [0, 0.1) is 5.82 Å². The highest BCUT2D eigenvalue weighted by Gasteiger charge is 2.17. The Balaban J connectivity index is 1.90. The van der Waals surface area contributed by atoms with Gasteiger partial charge in [-0.2, -0.15) is 9.78 Å². The minimum Gasteiger partial charge on any atom is -0.344 e. The SMILES string of the molecule is CC[C@@H](NC(=O)c1ccc(=O)n(-c2ccccc2F)n1)c1cccc(Cl)c1. The monoisotopic (exact) mass is 385 g/mol. The lowest BCUT2D eigenvalue weighted by Gasteiger charge is -2.17. The van der Waals surface area contributed by atoms with Gasteiger partial charge in [-0.1, -0.05) is 42.8 Å². The lowest BCUT2D eigenvalue weighted by atomic mass is 10.0. The van der Waals surface area contributed by atoms with Crippen molar-refractivity contribution in [1.29, 1.82) is 0 Å². The van der Waals surface area contributed by atoms with E-state index in [2.05, 4.69) is 10.4 Å². The lowest BCUT2D eigenvalue weighted by Crippen LogP contribution is -2.31. The normalized spacial score (nSPS) is 11.8.